The van der Waals surface area contributed by atoms with Crippen LogP contribution < -0.4 is 9.64 Å². The van der Waals surface area contributed by atoms with Gasteiger partial charge in [0.1, 0.15) is 11.6 Å². The average Bonchev–Trinajstić information content (AvgIpc) is 3.33. The Hall–Kier alpha value is -4.11. The molecule has 10 heteroatoms. The Kier molecular flexibility index (Phi) is 8.25. The summed E-state index contributed by atoms with van der Waals surface area (Å²) >= 11 is 6.59. The summed E-state index contributed by atoms with van der Waals surface area (Å²) in [5, 5.41) is 0.304. The zero-order valence-corrected chi connectivity index (χ0v) is 24.7. The number of cyclic esters (lactones) is 1. The summed E-state index contributed by atoms with van der Waals surface area (Å²) in [5.74, 6) is 0.597. The Balaban J connectivity index is 1.07. The van der Waals surface area contributed by atoms with E-state index in [9.17, 15) is 18.8 Å². The van der Waals surface area contributed by atoms with Crippen LogP contribution in [0, 0.1) is 17.7 Å². The number of amides is 3. The minimum absolute atomic E-state index is 0.0180. The Bertz CT molecular complexity index is 1530. The molecule has 3 saturated heterocycles. The van der Waals surface area contributed by atoms with E-state index in [1.54, 1.807) is 53.4 Å². The molecule has 2 atom stereocenters. The highest BCUT2D eigenvalue weighted by Crippen LogP contribution is 2.36. The highest BCUT2D eigenvalue weighted by molar-refractivity contribution is 6.34. The molecule has 3 aliphatic heterocycles. The van der Waals surface area contributed by atoms with Crippen LogP contribution in [0.15, 0.2) is 60.7 Å². The van der Waals surface area contributed by atoms with Gasteiger partial charge in [-0.2, -0.15) is 0 Å². The number of rotatable bonds is 5. The molecular formula is C33H33ClFN3O5. The number of carbonyl (C=O) groups is 3. The molecule has 0 unspecified atom stereocenters. The second-order valence-corrected chi connectivity index (χ2v) is 11.7. The summed E-state index contributed by atoms with van der Waals surface area (Å²) in [6.45, 7) is 3.50. The van der Waals surface area contributed by atoms with Crippen molar-refractivity contribution in [2.24, 2.45) is 11.8 Å². The number of ether oxygens (including phenoxy) is 2. The van der Waals surface area contributed by atoms with Crippen molar-refractivity contribution in [3.8, 4) is 16.9 Å². The van der Waals surface area contributed by atoms with Gasteiger partial charge >= 0.3 is 6.09 Å². The predicted octanol–water partition coefficient (Wildman–Crippen LogP) is 6.13. The highest BCUT2D eigenvalue weighted by atomic mass is 35.5. The lowest BCUT2D eigenvalue weighted by atomic mass is 9.92. The third-order valence-electron chi connectivity index (χ3n) is 8.76. The summed E-state index contributed by atoms with van der Waals surface area (Å²) in [7, 11) is 1.52. The minimum atomic E-state index is -0.388. The molecule has 3 aromatic carbocycles. The maximum absolute atomic E-state index is 13.9. The molecule has 3 amide bonds. The van der Waals surface area contributed by atoms with Crippen molar-refractivity contribution in [2.45, 2.75) is 19.3 Å². The first kappa shape index (κ1) is 29.0. The molecule has 0 spiro atoms. The number of fused-ring (bicyclic) bond motifs is 1. The molecule has 0 radical (unpaired) electrons. The normalized spacial score (nSPS) is 20.3. The van der Waals surface area contributed by atoms with E-state index in [1.807, 2.05) is 9.80 Å². The summed E-state index contributed by atoms with van der Waals surface area (Å²) in [6.07, 6.45) is 2.01. The van der Waals surface area contributed by atoms with E-state index in [-0.39, 0.29) is 23.7 Å². The standard InChI is InChI=1S/C33H33ClFN3O5/c1-42-30-10-6-25(35)18-28(30)22-5-9-27(29(34)17-22)32(40)36-14-11-23-19-37(20-24(23)12-15-36)31(39)21-3-7-26(8-4-21)38-13-2-16-43-33(38)41/h3-10,17-18,23-24H,2,11-16,19-20H2,1H3/t23-,24+. The lowest BCUT2D eigenvalue weighted by molar-refractivity contribution is 0.0734. The lowest BCUT2D eigenvalue weighted by Gasteiger charge is -2.26. The van der Waals surface area contributed by atoms with Crippen molar-refractivity contribution in [1.82, 2.24) is 9.80 Å². The number of methoxy groups -OCH3 is 1. The van der Waals surface area contributed by atoms with E-state index in [0.29, 0.717) is 84.2 Å². The van der Waals surface area contributed by atoms with Crippen molar-refractivity contribution in [3.63, 3.8) is 0 Å². The summed E-state index contributed by atoms with van der Waals surface area (Å²) in [4.78, 5) is 44.2. The second-order valence-electron chi connectivity index (χ2n) is 11.3. The Labute approximate surface area is 254 Å². The van der Waals surface area contributed by atoms with Gasteiger partial charge in [-0.05, 0) is 91.3 Å². The summed E-state index contributed by atoms with van der Waals surface area (Å²) in [5.41, 5.74) is 2.95. The van der Waals surface area contributed by atoms with Crippen LogP contribution in [0.5, 0.6) is 5.75 Å². The molecule has 0 saturated carbocycles. The van der Waals surface area contributed by atoms with E-state index in [0.717, 1.165) is 24.9 Å². The van der Waals surface area contributed by atoms with Crippen molar-refractivity contribution in [1.29, 1.82) is 0 Å². The number of anilines is 1. The van der Waals surface area contributed by atoms with Gasteiger partial charge < -0.3 is 19.3 Å². The largest absolute Gasteiger partial charge is 0.496 e. The molecule has 3 aliphatic rings. The van der Waals surface area contributed by atoms with Crippen LogP contribution in [-0.4, -0.2) is 74.1 Å². The van der Waals surface area contributed by atoms with Crippen LogP contribution >= 0.6 is 11.6 Å². The fourth-order valence-electron chi connectivity index (χ4n) is 6.40. The third-order valence-corrected chi connectivity index (χ3v) is 9.07. The molecule has 3 heterocycles. The topological polar surface area (TPSA) is 79.4 Å². The SMILES string of the molecule is COc1ccc(F)cc1-c1ccc(C(=O)N2CC[C@@H]3CN(C(=O)c4ccc(N5CCCOC5=O)cc4)C[C@@H]3CC2)c(Cl)c1. The maximum Gasteiger partial charge on any atom is 0.414 e. The van der Waals surface area contributed by atoms with Crippen molar-refractivity contribution in [3.05, 3.63) is 82.6 Å². The number of carbonyl (C=O) groups excluding carboxylic acids is 3. The fraction of sp³-hybridized carbons (Fsp3) is 0.364. The van der Waals surface area contributed by atoms with Crippen LogP contribution in [0.2, 0.25) is 5.02 Å². The molecule has 0 N–H and O–H groups in total. The van der Waals surface area contributed by atoms with Gasteiger partial charge in [0, 0.05) is 49.5 Å². The lowest BCUT2D eigenvalue weighted by Crippen LogP contribution is -2.37. The molecule has 43 heavy (non-hydrogen) atoms. The zero-order valence-electron chi connectivity index (χ0n) is 23.9. The molecule has 3 fully saturated rings. The van der Waals surface area contributed by atoms with Gasteiger partial charge in [0.15, 0.2) is 0 Å². The van der Waals surface area contributed by atoms with E-state index in [1.165, 1.54) is 19.2 Å². The van der Waals surface area contributed by atoms with Crippen molar-refractivity contribution >= 4 is 35.2 Å². The van der Waals surface area contributed by atoms with Crippen LogP contribution in [0.1, 0.15) is 40.0 Å². The first-order valence-corrected chi connectivity index (χ1v) is 15.0. The Morgan fingerprint density at radius 2 is 1.63 bits per heavy atom. The molecule has 224 valence electrons. The van der Waals surface area contributed by atoms with Gasteiger partial charge in [-0.1, -0.05) is 17.7 Å². The van der Waals surface area contributed by atoms with E-state index >= 15 is 0 Å². The monoisotopic (exact) mass is 605 g/mol. The second kappa shape index (κ2) is 12.2. The van der Waals surface area contributed by atoms with Gasteiger partial charge in [-0.25, -0.2) is 9.18 Å². The highest BCUT2D eigenvalue weighted by Gasteiger charge is 2.38. The minimum Gasteiger partial charge on any atom is -0.496 e. The molecule has 0 bridgehead atoms. The van der Waals surface area contributed by atoms with Crippen LogP contribution in [0.4, 0.5) is 14.9 Å². The molecule has 6 rings (SSSR count). The van der Waals surface area contributed by atoms with E-state index in [2.05, 4.69) is 0 Å². The van der Waals surface area contributed by atoms with Gasteiger partial charge in [0.2, 0.25) is 0 Å². The van der Waals surface area contributed by atoms with Crippen LogP contribution in [0.3, 0.4) is 0 Å². The molecule has 0 aromatic heterocycles. The number of nitrogens with zero attached hydrogens (tertiary/aromatic N) is 3. The smallest absolute Gasteiger partial charge is 0.414 e. The average molecular weight is 606 g/mol. The first-order valence-electron chi connectivity index (χ1n) is 14.6. The number of halogens is 2. The first-order chi connectivity index (χ1) is 20.8. The molecular weight excluding hydrogens is 573 g/mol. The molecule has 0 aliphatic carbocycles. The number of likely N-dealkylation sites (tertiary alicyclic amines) is 2. The zero-order chi connectivity index (χ0) is 30.1. The number of hydrogen-bond acceptors (Lipinski definition) is 5. The Morgan fingerprint density at radius 1 is 0.907 bits per heavy atom. The Morgan fingerprint density at radius 3 is 2.28 bits per heavy atom. The van der Waals surface area contributed by atoms with Gasteiger partial charge in [0.05, 0.1) is 24.3 Å². The predicted molar refractivity (Wildman–Crippen MR) is 161 cm³/mol. The van der Waals surface area contributed by atoms with Crippen molar-refractivity contribution < 1.29 is 28.2 Å². The van der Waals surface area contributed by atoms with Gasteiger partial charge in [-0.15, -0.1) is 0 Å². The fourth-order valence-corrected chi connectivity index (χ4v) is 6.66. The van der Waals surface area contributed by atoms with E-state index in [4.69, 9.17) is 21.1 Å². The summed E-state index contributed by atoms with van der Waals surface area (Å²) < 4.78 is 24.4. The number of hydrogen-bond donors (Lipinski definition) is 0. The van der Waals surface area contributed by atoms with Gasteiger partial charge in [0.25, 0.3) is 11.8 Å². The molecule has 3 aromatic rings. The number of benzene rings is 3. The van der Waals surface area contributed by atoms with Crippen molar-refractivity contribution in [2.75, 3.05) is 51.3 Å². The third kappa shape index (κ3) is 5.91. The maximum atomic E-state index is 13.9. The quantitative estimate of drug-likeness (QED) is 0.350. The van der Waals surface area contributed by atoms with Crippen LogP contribution in [-0.2, 0) is 4.74 Å². The van der Waals surface area contributed by atoms with Crippen LogP contribution in [0.25, 0.3) is 11.1 Å². The van der Waals surface area contributed by atoms with Gasteiger partial charge in [-0.3, -0.25) is 14.5 Å². The summed E-state index contributed by atoms with van der Waals surface area (Å²) in [6, 6.07) is 16.5. The molecule has 8 nitrogen and oxygen atoms in total. The van der Waals surface area contributed by atoms with E-state index < -0.39 is 0 Å².